The first-order valence-electron chi connectivity index (χ1n) is 3.63. The largest absolute Gasteiger partial charge is 0.132 e. The Morgan fingerprint density at radius 1 is 0.583 bits per heavy atom. The molecule has 2 rings (SSSR count). The van der Waals surface area contributed by atoms with Crippen LogP contribution in [0.15, 0.2) is 57.2 Å². The second kappa shape index (κ2) is 3.71. The maximum absolute atomic E-state index is 4.25. The van der Waals surface area contributed by atoms with Crippen LogP contribution in [0.3, 0.4) is 0 Å². The number of hydrogen-bond acceptors (Lipinski definition) is 2. The van der Waals surface area contributed by atoms with Gasteiger partial charge < -0.3 is 0 Å². The van der Waals surface area contributed by atoms with E-state index >= 15 is 0 Å². The maximum atomic E-state index is 4.25. The summed E-state index contributed by atoms with van der Waals surface area (Å²) in [6.45, 7) is 0. The van der Waals surface area contributed by atoms with Gasteiger partial charge in [0.2, 0.25) is 0 Å². The molecule has 0 bridgehead atoms. The highest BCUT2D eigenvalue weighted by Crippen LogP contribution is 2.35. The lowest BCUT2D eigenvalue weighted by Crippen LogP contribution is -1.38. The van der Waals surface area contributed by atoms with Crippen molar-refractivity contribution >= 4 is 15.4 Å². The Morgan fingerprint density at radius 2 is 0.917 bits per heavy atom. The average molecular weight is 194 g/mol. The molecule has 2 aromatic rings. The zero-order valence-corrected chi connectivity index (χ0v) is 8.20. The van der Waals surface area contributed by atoms with Gasteiger partial charge in [-0.2, -0.15) is 0 Å². The van der Waals surface area contributed by atoms with Crippen LogP contribution in [-0.2, 0) is 0 Å². The van der Waals surface area contributed by atoms with Crippen LogP contribution in [-0.4, -0.2) is 0 Å². The molecule has 0 atom stereocenters. The molecule has 0 aromatic carbocycles. The summed E-state index contributed by atoms with van der Waals surface area (Å²) in [5.41, 5.74) is 0. The smallest absolute Gasteiger partial charge is 0.0198 e. The van der Waals surface area contributed by atoms with Gasteiger partial charge in [0.15, 0.2) is 0 Å². The minimum Gasteiger partial charge on any atom is -0.132 e. The number of nitrogens with zero attached hydrogens (tertiary/aromatic N) is 2. The summed E-state index contributed by atoms with van der Waals surface area (Å²) in [5.74, 6) is 8.38. The van der Waals surface area contributed by atoms with Crippen LogP contribution in [0.1, 0.15) is 0 Å². The van der Waals surface area contributed by atoms with Crippen molar-refractivity contribution in [2.45, 2.75) is 0 Å². The standard InChI is InChI=1S/C8H8N2P2/c1-2-6-11(5-1)9-10-12-7-3-4-8-12/h1-8H/b10-9+. The van der Waals surface area contributed by atoms with Crippen LogP contribution in [0.25, 0.3) is 0 Å². The van der Waals surface area contributed by atoms with E-state index in [0.717, 1.165) is 0 Å². The molecule has 0 unspecified atom stereocenters. The molecule has 0 fully saturated rings. The van der Waals surface area contributed by atoms with Crippen molar-refractivity contribution in [2.75, 3.05) is 0 Å². The van der Waals surface area contributed by atoms with E-state index in [9.17, 15) is 0 Å². The first-order valence-corrected chi connectivity index (χ1v) is 6.50. The molecule has 0 radical (unpaired) electrons. The molecule has 0 N–H and O–H groups in total. The van der Waals surface area contributed by atoms with E-state index in [4.69, 9.17) is 0 Å². The summed E-state index contributed by atoms with van der Waals surface area (Å²) in [7, 11) is -0.831. The fourth-order valence-corrected chi connectivity index (χ4v) is 3.14. The van der Waals surface area contributed by atoms with E-state index in [2.05, 4.69) is 33.0 Å². The number of hydrogen-bond donors (Lipinski definition) is 0. The predicted molar refractivity (Wildman–Crippen MR) is 54.0 cm³/mol. The van der Waals surface area contributed by atoms with Crippen molar-refractivity contribution in [2.24, 2.45) is 9.77 Å². The molecule has 0 saturated carbocycles. The van der Waals surface area contributed by atoms with Crippen molar-refractivity contribution in [1.82, 2.24) is 0 Å². The first kappa shape index (κ1) is 7.79. The Morgan fingerprint density at radius 3 is 1.25 bits per heavy atom. The Bertz CT molecular complexity index is 312. The molecule has 4 heteroatoms. The lowest BCUT2D eigenvalue weighted by atomic mass is 10.7. The average Bonchev–Trinajstić information content (AvgIpc) is 2.74. The van der Waals surface area contributed by atoms with Gasteiger partial charge in [0.1, 0.15) is 0 Å². The topological polar surface area (TPSA) is 24.7 Å². The SMILES string of the molecule is c1ccp(/N=N/p2cccc2)c1. The van der Waals surface area contributed by atoms with Crippen molar-refractivity contribution < 1.29 is 0 Å². The van der Waals surface area contributed by atoms with Crippen LogP contribution in [0.4, 0.5) is 0 Å². The zero-order chi connectivity index (χ0) is 8.23. The van der Waals surface area contributed by atoms with Crippen molar-refractivity contribution in [3.8, 4) is 0 Å². The van der Waals surface area contributed by atoms with Gasteiger partial charge in [-0.3, -0.25) is 0 Å². The Balaban J connectivity index is 2.14. The Hall–Kier alpha value is -0.840. The van der Waals surface area contributed by atoms with E-state index < -0.39 is 15.4 Å². The lowest BCUT2D eigenvalue weighted by molar-refractivity contribution is 1.50. The summed E-state index contributed by atoms with van der Waals surface area (Å²) in [5, 5.41) is 0. The van der Waals surface area contributed by atoms with Gasteiger partial charge in [0, 0.05) is 15.4 Å². The van der Waals surface area contributed by atoms with Crippen LogP contribution < -0.4 is 0 Å². The summed E-state index contributed by atoms with van der Waals surface area (Å²) >= 11 is 0. The minimum absolute atomic E-state index is 0.416. The van der Waals surface area contributed by atoms with E-state index in [1.807, 2.05) is 24.3 Å². The van der Waals surface area contributed by atoms with Crippen molar-refractivity contribution in [3.05, 3.63) is 47.5 Å². The highest BCUT2D eigenvalue weighted by Gasteiger charge is 1.86. The van der Waals surface area contributed by atoms with Gasteiger partial charge in [-0.15, -0.1) is 9.77 Å². The fraction of sp³-hybridized carbons (Fsp3) is 0. The summed E-state index contributed by atoms with van der Waals surface area (Å²) in [4.78, 5) is 8.50. The van der Waals surface area contributed by atoms with Gasteiger partial charge >= 0.3 is 0 Å². The van der Waals surface area contributed by atoms with Crippen LogP contribution in [0.5, 0.6) is 0 Å². The molecule has 2 nitrogen and oxygen atoms in total. The second-order valence-electron chi connectivity index (χ2n) is 2.30. The van der Waals surface area contributed by atoms with E-state index in [1.54, 1.807) is 0 Å². The molecule has 2 heterocycles. The Labute approximate surface area is 73.2 Å². The fourth-order valence-electron chi connectivity index (χ4n) is 0.862. The Kier molecular flexibility index (Phi) is 2.41. The molecule has 0 saturated heterocycles. The first-order chi connectivity index (χ1) is 5.95. The molecule has 2 aromatic heterocycles. The molecular weight excluding hydrogens is 186 g/mol. The molecular formula is C8H8N2P2. The summed E-state index contributed by atoms with van der Waals surface area (Å²) in [6, 6.07) is 8.10. The highest BCUT2D eigenvalue weighted by atomic mass is 31.1. The monoisotopic (exact) mass is 194 g/mol. The van der Waals surface area contributed by atoms with Gasteiger partial charge in [-0.1, -0.05) is 24.3 Å². The quantitative estimate of drug-likeness (QED) is 0.635. The molecule has 0 amide bonds. The summed E-state index contributed by atoms with van der Waals surface area (Å²) < 4.78 is 0. The van der Waals surface area contributed by atoms with E-state index in [1.165, 1.54) is 0 Å². The normalized spacial score (nSPS) is 11.0. The van der Waals surface area contributed by atoms with Gasteiger partial charge in [-0.05, 0) is 23.2 Å². The molecule has 12 heavy (non-hydrogen) atoms. The van der Waals surface area contributed by atoms with Gasteiger partial charge in [-0.25, -0.2) is 0 Å². The number of rotatable bonds is 2. The molecule has 0 aliphatic rings. The van der Waals surface area contributed by atoms with Crippen molar-refractivity contribution in [3.63, 3.8) is 0 Å². The third kappa shape index (κ3) is 1.85. The molecule has 60 valence electrons. The highest BCUT2D eigenvalue weighted by molar-refractivity contribution is 7.49. The van der Waals surface area contributed by atoms with Crippen LogP contribution in [0.2, 0.25) is 0 Å². The second-order valence-corrected chi connectivity index (χ2v) is 5.38. The zero-order valence-electron chi connectivity index (χ0n) is 6.41. The molecule has 0 spiro atoms. The van der Waals surface area contributed by atoms with Crippen LogP contribution >= 0.6 is 15.4 Å². The maximum Gasteiger partial charge on any atom is 0.0198 e. The summed E-state index contributed by atoms with van der Waals surface area (Å²) in [6.07, 6.45) is 0. The molecule has 0 aliphatic heterocycles. The minimum atomic E-state index is -0.416. The van der Waals surface area contributed by atoms with Gasteiger partial charge in [0.25, 0.3) is 0 Å². The third-order valence-corrected chi connectivity index (χ3v) is 4.07. The van der Waals surface area contributed by atoms with E-state index in [0.29, 0.717) is 0 Å². The van der Waals surface area contributed by atoms with Gasteiger partial charge in [0.05, 0.1) is 0 Å². The predicted octanol–water partition coefficient (Wildman–Crippen LogP) is 4.34. The van der Waals surface area contributed by atoms with Crippen LogP contribution in [0, 0.1) is 0 Å². The van der Waals surface area contributed by atoms with Crippen molar-refractivity contribution in [1.29, 1.82) is 0 Å². The van der Waals surface area contributed by atoms with E-state index in [-0.39, 0.29) is 0 Å². The lowest BCUT2D eigenvalue weighted by Gasteiger charge is -1.84. The molecule has 0 aliphatic carbocycles. The third-order valence-electron chi connectivity index (χ3n) is 1.42.